The SMILES string of the molecule is NC(c1cc(F)ccc1Cl)C1CCOCC1. The summed E-state index contributed by atoms with van der Waals surface area (Å²) >= 11 is 6.03. The second-order valence-corrected chi connectivity index (χ2v) is 4.55. The molecule has 1 aromatic rings. The molecular formula is C12H15ClFNO. The maximum Gasteiger partial charge on any atom is 0.123 e. The third-order valence-electron chi connectivity index (χ3n) is 3.09. The van der Waals surface area contributed by atoms with E-state index >= 15 is 0 Å². The van der Waals surface area contributed by atoms with Crippen LogP contribution in [0.4, 0.5) is 4.39 Å². The summed E-state index contributed by atoms with van der Waals surface area (Å²) in [5, 5.41) is 0.542. The molecule has 0 aromatic heterocycles. The molecule has 1 aliphatic rings. The van der Waals surface area contributed by atoms with E-state index in [0.717, 1.165) is 26.1 Å². The van der Waals surface area contributed by atoms with Gasteiger partial charge in [0.1, 0.15) is 5.82 Å². The Labute approximate surface area is 99.5 Å². The summed E-state index contributed by atoms with van der Waals surface area (Å²) in [6, 6.07) is 4.14. The van der Waals surface area contributed by atoms with E-state index in [1.807, 2.05) is 0 Å². The minimum absolute atomic E-state index is 0.202. The lowest BCUT2D eigenvalue weighted by molar-refractivity contribution is 0.0583. The number of nitrogens with two attached hydrogens (primary N) is 1. The molecule has 2 nitrogen and oxygen atoms in total. The second kappa shape index (κ2) is 5.13. The van der Waals surface area contributed by atoms with Crippen LogP contribution in [0.15, 0.2) is 18.2 Å². The van der Waals surface area contributed by atoms with Gasteiger partial charge in [0.05, 0.1) is 0 Å². The highest BCUT2D eigenvalue weighted by Gasteiger charge is 2.24. The number of hydrogen-bond acceptors (Lipinski definition) is 2. The van der Waals surface area contributed by atoms with E-state index in [1.54, 1.807) is 6.07 Å². The summed E-state index contributed by atoms with van der Waals surface area (Å²) in [5.41, 5.74) is 6.84. The number of ether oxygens (including phenoxy) is 1. The van der Waals surface area contributed by atoms with Crippen molar-refractivity contribution in [2.75, 3.05) is 13.2 Å². The van der Waals surface area contributed by atoms with Gasteiger partial charge in [0, 0.05) is 24.3 Å². The lowest BCUT2D eigenvalue weighted by Crippen LogP contribution is -2.27. The van der Waals surface area contributed by atoms with Crippen LogP contribution in [0, 0.1) is 11.7 Å². The maximum atomic E-state index is 13.1. The van der Waals surface area contributed by atoms with Crippen LogP contribution in [0.1, 0.15) is 24.4 Å². The van der Waals surface area contributed by atoms with Gasteiger partial charge < -0.3 is 10.5 Å². The van der Waals surface area contributed by atoms with Gasteiger partial charge in [0.2, 0.25) is 0 Å². The van der Waals surface area contributed by atoms with Crippen molar-refractivity contribution < 1.29 is 9.13 Å². The number of benzene rings is 1. The van der Waals surface area contributed by atoms with Crippen LogP contribution in [-0.4, -0.2) is 13.2 Å². The fraction of sp³-hybridized carbons (Fsp3) is 0.500. The number of rotatable bonds is 2. The molecule has 0 radical (unpaired) electrons. The Morgan fingerprint density at radius 1 is 1.38 bits per heavy atom. The highest BCUT2D eigenvalue weighted by molar-refractivity contribution is 6.31. The van der Waals surface area contributed by atoms with Gasteiger partial charge in [-0.1, -0.05) is 11.6 Å². The van der Waals surface area contributed by atoms with Gasteiger partial charge in [0.25, 0.3) is 0 Å². The standard InChI is InChI=1S/C12H15ClFNO/c13-11-2-1-9(14)7-10(11)12(15)8-3-5-16-6-4-8/h1-2,7-8,12H,3-6,15H2. The van der Waals surface area contributed by atoms with Gasteiger partial charge in [-0.3, -0.25) is 0 Å². The van der Waals surface area contributed by atoms with Gasteiger partial charge >= 0.3 is 0 Å². The molecule has 16 heavy (non-hydrogen) atoms. The van der Waals surface area contributed by atoms with Crippen molar-refractivity contribution in [3.05, 3.63) is 34.6 Å². The van der Waals surface area contributed by atoms with Crippen LogP contribution in [0.25, 0.3) is 0 Å². The topological polar surface area (TPSA) is 35.2 Å². The van der Waals surface area contributed by atoms with Crippen molar-refractivity contribution in [2.24, 2.45) is 11.7 Å². The summed E-state index contributed by atoms with van der Waals surface area (Å²) in [7, 11) is 0. The van der Waals surface area contributed by atoms with Crippen molar-refractivity contribution in [3.63, 3.8) is 0 Å². The molecule has 1 unspecified atom stereocenters. The van der Waals surface area contributed by atoms with E-state index in [0.29, 0.717) is 16.5 Å². The zero-order chi connectivity index (χ0) is 11.5. The molecule has 1 fully saturated rings. The Kier molecular flexibility index (Phi) is 3.79. The molecule has 1 saturated heterocycles. The summed E-state index contributed by atoms with van der Waals surface area (Å²) in [6.07, 6.45) is 1.82. The van der Waals surface area contributed by atoms with E-state index in [2.05, 4.69) is 0 Å². The molecule has 0 spiro atoms. The van der Waals surface area contributed by atoms with Crippen LogP contribution >= 0.6 is 11.6 Å². The average molecular weight is 244 g/mol. The lowest BCUT2D eigenvalue weighted by atomic mass is 9.88. The second-order valence-electron chi connectivity index (χ2n) is 4.14. The van der Waals surface area contributed by atoms with Crippen molar-refractivity contribution in [2.45, 2.75) is 18.9 Å². The predicted octanol–water partition coefficient (Wildman–Crippen LogP) is 2.91. The van der Waals surface area contributed by atoms with Gasteiger partial charge in [-0.25, -0.2) is 4.39 Å². The highest BCUT2D eigenvalue weighted by atomic mass is 35.5. The first-order chi connectivity index (χ1) is 7.68. The van der Waals surface area contributed by atoms with Crippen molar-refractivity contribution in [3.8, 4) is 0 Å². The number of halogens is 2. The molecule has 1 aliphatic heterocycles. The summed E-state index contributed by atoms with van der Waals surface area (Å²) < 4.78 is 18.4. The summed E-state index contributed by atoms with van der Waals surface area (Å²) in [5.74, 6) is 0.0370. The molecule has 0 amide bonds. The third kappa shape index (κ3) is 2.54. The Morgan fingerprint density at radius 2 is 2.06 bits per heavy atom. The molecule has 0 saturated carbocycles. The first-order valence-electron chi connectivity index (χ1n) is 5.47. The van der Waals surface area contributed by atoms with Crippen molar-refractivity contribution in [1.29, 1.82) is 0 Å². The number of hydrogen-bond donors (Lipinski definition) is 1. The molecule has 0 bridgehead atoms. The molecule has 0 aliphatic carbocycles. The van der Waals surface area contributed by atoms with E-state index in [1.165, 1.54) is 12.1 Å². The van der Waals surface area contributed by atoms with Crippen LogP contribution in [0.3, 0.4) is 0 Å². The van der Waals surface area contributed by atoms with E-state index in [4.69, 9.17) is 22.1 Å². The first-order valence-corrected chi connectivity index (χ1v) is 5.84. The summed E-state index contributed by atoms with van der Waals surface area (Å²) in [4.78, 5) is 0. The van der Waals surface area contributed by atoms with Crippen LogP contribution in [-0.2, 0) is 4.74 Å². The Morgan fingerprint density at radius 3 is 2.75 bits per heavy atom. The maximum absolute atomic E-state index is 13.1. The molecule has 88 valence electrons. The minimum atomic E-state index is -0.290. The Hall–Kier alpha value is -0.640. The van der Waals surface area contributed by atoms with Gasteiger partial charge in [0.15, 0.2) is 0 Å². The largest absolute Gasteiger partial charge is 0.381 e. The van der Waals surface area contributed by atoms with Crippen LogP contribution < -0.4 is 5.73 Å². The van der Waals surface area contributed by atoms with Gasteiger partial charge in [-0.05, 0) is 42.5 Å². The Bertz CT molecular complexity index is 366. The van der Waals surface area contributed by atoms with Crippen LogP contribution in [0.5, 0.6) is 0 Å². The fourth-order valence-electron chi connectivity index (χ4n) is 2.10. The van der Waals surface area contributed by atoms with E-state index in [-0.39, 0.29) is 11.9 Å². The highest BCUT2D eigenvalue weighted by Crippen LogP contribution is 2.32. The third-order valence-corrected chi connectivity index (χ3v) is 3.44. The molecule has 2 N–H and O–H groups in total. The smallest absolute Gasteiger partial charge is 0.123 e. The molecule has 1 atom stereocenters. The molecular weight excluding hydrogens is 229 g/mol. The first kappa shape index (κ1) is 11.8. The molecule has 2 rings (SSSR count). The fourth-order valence-corrected chi connectivity index (χ4v) is 2.34. The monoisotopic (exact) mass is 243 g/mol. The van der Waals surface area contributed by atoms with Crippen molar-refractivity contribution in [1.82, 2.24) is 0 Å². The van der Waals surface area contributed by atoms with E-state index < -0.39 is 0 Å². The quantitative estimate of drug-likeness (QED) is 0.867. The van der Waals surface area contributed by atoms with E-state index in [9.17, 15) is 4.39 Å². The molecule has 1 heterocycles. The predicted molar refractivity (Wildman–Crippen MR) is 61.9 cm³/mol. The minimum Gasteiger partial charge on any atom is -0.381 e. The van der Waals surface area contributed by atoms with Gasteiger partial charge in [-0.15, -0.1) is 0 Å². The Balaban J connectivity index is 2.18. The van der Waals surface area contributed by atoms with Crippen LogP contribution in [0.2, 0.25) is 5.02 Å². The zero-order valence-electron chi connectivity index (χ0n) is 8.96. The zero-order valence-corrected chi connectivity index (χ0v) is 9.71. The lowest BCUT2D eigenvalue weighted by Gasteiger charge is -2.28. The summed E-state index contributed by atoms with van der Waals surface area (Å²) in [6.45, 7) is 1.45. The van der Waals surface area contributed by atoms with Crippen molar-refractivity contribution >= 4 is 11.6 Å². The average Bonchev–Trinajstić information content (AvgIpc) is 2.32. The molecule has 1 aromatic carbocycles. The normalized spacial score (nSPS) is 19.7. The molecule has 4 heteroatoms. The van der Waals surface area contributed by atoms with Gasteiger partial charge in [-0.2, -0.15) is 0 Å².